The molecule has 2 N–H and O–H groups in total. The van der Waals surface area contributed by atoms with E-state index in [2.05, 4.69) is 6.07 Å². The number of methoxy groups -OCH3 is 2. The van der Waals surface area contributed by atoms with Crippen molar-refractivity contribution in [3.05, 3.63) is 29.8 Å². The zero-order valence-corrected chi connectivity index (χ0v) is 9.40. The Morgan fingerprint density at radius 2 is 2.13 bits per heavy atom. The van der Waals surface area contributed by atoms with E-state index in [4.69, 9.17) is 15.2 Å². The Morgan fingerprint density at radius 3 is 2.73 bits per heavy atom. The summed E-state index contributed by atoms with van der Waals surface area (Å²) < 4.78 is 10.4. The molecule has 15 heavy (non-hydrogen) atoms. The van der Waals surface area contributed by atoms with Crippen LogP contribution in [-0.4, -0.2) is 26.9 Å². The molecule has 0 aliphatic rings. The van der Waals surface area contributed by atoms with Gasteiger partial charge in [-0.3, -0.25) is 0 Å². The maximum absolute atomic E-state index is 5.55. The molecular formula is C12H19NO2. The number of aryl methyl sites for hydroxylation is 1. The third-order valence-electron chi connectivity index (χ3n) is 2.49. The summed E-state index contributed by atoms with van der Waals surface area (Å²) in [6.45, 7) is 0.570. The van der Waals surface area contributed by atoms with Gasteiger partial charge in [0.05, 0.1) is 13.2 Å². The lowest BCUT2D eigenvalue weighted by Gasteiger charge is -2.12. The zero-order chi connectivity index (χ0) is 11.1. The minimum Gasteiger partial charge on any atom is -0.497 e. The van der Waals surface area contributed by atoms with Crippen LogP contribution < -0.4 is 10.5 Å². The molecular weight excluding hydrogens is 190 g/mol. The second-order valence-electron chi connectivity index (χ2n) is 3.48. The SMILES string of the molecule is COc1cccc(CCC(CN)OC)c1. The van der Waals surface area contributed by atoms with Crippen LogP contribution in [0.2, 0.25) is 0 Å². The average Bonchev–Trinajstić information content (AvgIpc) is 2.31. The van der Waals surface area contributed by atoms with Gasteiger partial charge in [-0.2, -0.15) is 0 Å². The smallest absolute Gasteiger partial charge is 0.119 e. The van der Waals surface area contributed by atoms with E-state index >= 15 is 0 Å². The monoisotopic (exact) mass is 209 g/mol. The average molecular weight is 209 g/mol. The minimum absolute atomic E-state index is 0.149. The molecule has 0 fully saturated rings. The molecule has 84 valence electrons. The molecule has 0 aliphatic heterocycles. The van der Waals surface area contributed by atoms with E-state index in [1.807, 2.05) is 18.2 Å². The van der Waals surface area contributed by atoms with Crippen molar-refractivity contribution >= 4 is 0 Å². The molecule has 1 aromatic carbocycles. The Balaban J connectivity index is 2.49. The highest BCUT2D eigenvalue weighted by molar-refractivity contribution is 5.28. The molecule has 0 saturated heterocycles. The summed E-state index contributed by atoms with van der Waals surface area (Å²) in [7, 11) is 3.38. The number of hydrogen-bond acceptors (Lipinski definition) is 3. The Labute approximate surface area is 91.2 Å². The predicted molar refractivity (Wildman–Crippen MR) is 61.2 cm³/mol. The molecule has 0 heterocycles. The lowest BCUT2D eigenvalue weighted by molar-refractivity contribution is 0.102. The lowest BCUT2D eigenvalue weighted by Crippen LogP contribution is -2.22. The maximum Gasteiger partial charge on any atom is 0.119 e. The topological polar surface area (TPSA) is 44.5 Å². The van der Waals surface area contributed by atoms with Crippen LogP contribution in [0.3, 0.4) is 0 Å². The molecule has 0 aliphatic carbocycles. The summed E-state index contributed by atoms with van der Waals surface area (Å²) in [5.41, 5.74) is 6.81. The molecule has 1 aromatic rings. The summed E-state index contributed by atoms with van der Waals surface area (Å²) >= 11 is 0. The molecule has 0 aromatic heterocycles. The third-order valence-corrected chi connectivity index (χ3v) is 2.49. The van der Waals surface area contributed by atoms with Crippen molar-refractivity contribution in [1.29, 1.82) is 0 Å². The summed E-state index contributed by atoms with van der Waals surface area (Å²) in [4.78, 5) is 0. The molecule has 1 rings (SSSR count). The Morgan fingerprint density at radius 1 is 1.33 bits per heavy atom. The number of benzene rings is 1. The van der Waals surface area contributed by atoms with Gasteiger partial charge >= 0.3 is 0 Å². The normalized spacial score (nSPS) is 12.5. The largest absolute Gasteiger partial charge is 0.497 e. The molecule has 1 atom stereocenters. The standard InChI is InChI=1S/C12H19NO2/c1-14-11-5-3-4-10(8-11)6-7-12(9-13)15-2/h3-5,8,12H,6-7,9,13H2,1-2H3. The zero-order valence-electron chi connectivity index (χ0n) is 9.40. The number of rotatable bonds is 6. The second kappa shape index (κ2) is 6.43. The lowest BCUT2D eigenvalue weighted by atomic mass is 10.1. The van der Waals surface area contributed by atoms with Crippen molar-refractivity contribution in [2.45, 2.75) is 18.9 Å². The van der Waals surface area contributed by atoms with E-state index in [9.17, 15) is 0 Å². The minimum atomic E-state index is 0.149. The van der Waals surface area contributed by atoms with Gasteiger partial charge < -0.3 is 15.2 Å². The fourth-order valence-corrected chi connectivity index (χ4v) is 1.49. The molecule has 0 bridgehead atoms. The molecule has 1 unspecified atom stereocenters. The van der Waals surface area contributed by atoms with E-state index < -0.39 is 0 Å². The van der Waals surface area contributed by atoms with Crippen molar-refractivity contribution in [2.24, 2.45) is 5.73 Å². The van der Waals surface area contributed by atoms with Gasteiger partial charge in [-0.05, 0) is 30.5 Å². The summed E-state index contributed by atoms with van der Waals surface area (Å²) in [6, 6.07) is 8.08. The Hall–Kier alpha value is -1.06. The van der Waals surface area contributed by atoms with Gasteiger partial charge in [-0.25, -0.2) is 0 Å². The first-order valence-corrected chi connectivity index (χ1v) is 5.16. The summed E-state index contributed by atoms with van der Waals surface area (Å²) in [5.74, 6) is 0.897. The van der Waals surface area contributed by atoms with Gasteiger partial charge in [0.2, 0.25) is 0 Å². The quantitative estimate of drug-likeness (QED) is 0.774. The molecule has 3 heteroatoms. The molecule has 0 saturated carbocycles. The van der Waals surface area contributed by atoms with Crippen molar-refractivity contribution in [3.8, 4) is 5.75 Å². The van der Waals surface area contributed by atoms with Gasteiger partial charge in [0.25, 0.3) is 0 Å². The maximum atomic E-state index is 5.55. The van der Waals surface area contributed by atoms with E-state index in [-0.39, 0.29) is 6.10 Å². The number of ether oxygens (including phenoxy) is 2. The first-order chi connectivity index (χ1) is 7.30. The Kier molecular flexibility index (Phi) is 5.15. The highest BCUT2D eigenvalue weighted by Crippen LogP contribution is 2.14. The van der Waals surface area contributed by atoms with E-state index in [1.165, 1.54) is 5.56 Å². The van der Waals surface area contributed by atoms with Crippen LogP contribution >= 0.6 is 0 Å². The fourth-order valence-electron chi connectivity index (χ4n) is 1.49. The van der Waals surface area contributed by atoms with Gasteiger partial charge in [0.1, 0.15) is 5.75 Å². The van der Waals surface area contributed by atoms with Gasteiger partial charge in [-0.15, -0.1) is 0 Å². The molecule has 0 radical (unpaired) electrons. The predicted octanol–water partition coefficient (Wildman–Crippen LogP) is 1.60. The van der Waals surface area contributed by atoms with Crippen LogP contribution in [0.1, 0.15) is 12.0 Å². The number of nitrogens with two attached hydrogens (primary N) is 1. The highest BCUT2D eigenvalue weighted by atomic mass is 16.5. The van der Waals surface area contributed by atoms with E-state index in [0.29, 0.717) is 6.54 Å². The van der Waals surface area contributed by atoms with Crippen molar-refractivity contribution in [1.82, 2.24) is 0 Å². The molecule has 3 nitrogen and oxygen atoms in total. The van der Waals surface area contributed by atoms with Crippen molar-refractivity contribution in [2.75, 3.05) is 20.8 Å². The van der Waals surface area contributed by atoms with Crippen molar-refractivity contribution in [3.63, 3.8) is 0 Å². The summed E-state index contributed by atoms with van der Waals surface area (Å²) in [6.07, 6.45) is 2.06. The molecule has 0 spiro atoms. The second-order valence-corrected chi connectivity index (χ2v) is 3.48. The Bertz CT molecular complexity index is 285. The highest BCUT2D eigenvalue weighted by Gasteiger charge is 2.05. The number of hydrogen-bond donors (Lipinski definition) is 1. The van der Waals surface area contributed by atoms with Gasteiger partial charge in [0.15, 0.2) is 0 Å². The fraction of sp³-hybridized carbons (Fsp3) is 0.500. The third kappa shape index (κ3) is 3.90. The van der Waals surface area contributed by atoms with Crippen LogP contribution in [0.5, 0.6) is 5.75 Å². The van der Waals surface area contributed by atoms with Gasteiger partial charge in [-0.1, -0.05) is 12.1 Å². The first kappa shape index (κ1) is 12.0. The van der Waals surface area contributed by atoms with Crippen LogP contribution in [0, 0.1) is 0 Å². The summed E-state index contributed by atoms with van der Waals surface area (Å²) in [5, 5.41) is 0. The van der Waals surface area contributed by atoms with Crippen molar-refractivity contribution < 1.29 is 9.47 Å². The van der Waals surface area contributed by atoms with Crippen LogP contribution in [0.15, 0.2) is 24.3 Å². The molecule has 0 amide bonds. The van der Waals surface area contributed by atoms with Crippen LogP contribution in [0.25, 0.3) is 0 Å². The van der Waals surface area contributed by atoms with Crippen LogP contribution in [0.4, 0.5) is 0 Å². The van der Waals surface area contributed by atoms with E-state index in [0.717, 1.165) is 18.6 Å². The van der Waals surface area contributed by atoms with Crippen LogP contribution in [-0.2, 0) is 11.2 Å². The first-order valence-electron chi connectivity index (χ1n) is 5.16. The van der Waals surface area contributed by atoms with Gasteiger partial charge in [0, 0.05) is 13.7 Å². The van der Waals surface area contributed by atoms with E-state index in [1.54, 1.807) is 14.2 Å².